The van der Waals surface area contributed by atoms with Crippen LogP contribution in [0.5, 0.6) is 0 Å². The van der Waals surface area contributed by atoms with Gasteiger partial charge in [0.05, 0.1) is 4.90 Å². The van der Waals surface area contributed by atoms with E-state index in [4.69, 9.17) is 5.73 Å². The SMILES string of the molecule is CCCN(CCN(C)C)S(=O)(=O)c1ccc(N)c(C)c1. The monoisotopic (exact) mass is 299 g/mol. The number of hydrogen-bond acceptors (Lipinski definition) is 4. The molecule has 0 aliphatic heterocycles. The van der Waals surface area contributed by atoms with Gasteiger partial charge in [0.15, 0.2) is 0 Å². The van der Waals surface area contributed by atoms with Crippen molar-refractivity contribution in [2.24, 2.45) is 0 Å². The van der Waals surface area contributed by atoms with Gasteiger partial charge in [0.2, 0.25) is 10.0 Å². The highest BCUT2D eigenvalue weighted by Gasteiger charge is 2.23. The molecule has 5 nitrogen and oxygen atoms in total. The predicted molar refractivity (Wildman–Crippen MR) is 83.2 cm³/mol. The number of sulfonamides is 1. The van der Waals surface area contributed by atoms with E-state index in [0.717, 1.165) is 12.0 Å². The molecule has 0 aliphatic rings. The summed E-state index contributed by atoms with van der Waals surface area (Å²) in [6, 6.07) is 4.87. The van der Waals surface area contributed by atoms with Crippen LogP contribution in [0.15, 0.2) is 23.1 Å². The van der Waals surface area contributed by atoms with Crippen molar-refractivity contribution in [1.29, 1.82) is 0 Å². The van der Waals surface area contributed by atoms with Gasteiger partial charge in [-0.1, -0.05) is 6.92 Å². The van der Waals surface area contributed by atoms with Crippen LogP contribution in [-0.2, 0) is 10.0 Å². The smallest absolute Gasteiger partial charge is 0.243 e. The lowest BCUT2D eigenvalue weighted by Crippen LogP contribution is -2.37. The summed E-state index contributed by atoms with van der Waals surface area (Å²) in [4.78, 5) is 2.29. The molecule has 0 aliphatic carbocycles. The standard InChI is InChI=1S/C14H25N3O2S/c1-5-8-17(10-9-16(3)4)20(18,19)13-6-7-14(15)12(2)11-13/h6-7,11H,5,8-10,15H2,1-4H3. The van der Waals surface area contributed by atoms with E-state index < -0.39 is 10.0 Å². The van der Waals surface area contributed by atoms with E-state index in [1.54, 1.807) is 18.2 Å². The molecule has 6 heteroatoms. The summed E-state index contributed by atoms with van der Waals surface area (Å²) >= 11 is 0. The zero-order valence-electron chi connectivity index (χ0n) is 12.8. The summed E-state index contributed by atoms with van der Waals surface area (Å²) in [6.07, 6.45) is 0.792. The zero-order valence-corrected chi connectivity index (χ0v) is 13.6. The van der Waals surface area contributed by atoms with E-state index in [1.807, 2.05) is 32.8 Å². The quantitative estimate of drug-likeness (QED) is 0.776. The van der Waals surface area contributed by atoms with E-state index in [1.165, 1.54) is 4.31 Å². The number of nitrogens with two attached hydrogens (primary N) is 1. The first-order valence-electron chi connectivity index (χ1n) is 6.80. The second-order valence-corrected chi connectivity index (χ2v) is 7.16. The van der Waals surface area contributed by atoms with E-state index >= 15 is 0 Å². The summed E-state index contributed by atoms with van der Waals surface area (Å²) in [7, 11) is 0.422. The number of hydrogen-bond donors (Lipinski definition) is 1. The number of anilines is 1. The van der Waals surface area contributed by atoms with Gasteiger partial charge in [-0.2, -0.15) is 4.31 Å². The van der Waals surface area contributed by atoms with Gasteiger partial charge >= 0.3 is 0 Å². The maximum atomic E-state index is 12.7. The number of benzene rings is 1. The third kappa shape index (κ3) is 4.19. The van der Waals surface area contributed by atoms with Gasteiger partial charge in [-0.15, -0.1) is 0 Å². The Morgan fingerprint density at radius 1 is 1.15 bits per heavy atom. The summed E-state index contributed by atoms with van der Waals surface area (Å²) in [5.74, 6) is 0. The molecule has 114 valence electrons. The van der Waals surface area contributed by atoms with Gasteiger partial charge in [-0.25, -0.2) is 8.42 Å². The molecule has 0 saturated heterocycles. The van der Waals surface area contributed by atoms with E-state index in [2.05, 4.69) is 0 Å². The van der Waals surface area contributed by atoms with Crippen LogP contribution in [0, 0.1) is 6.92 Å². The molecule has 1 aromatic carbocycles. The van der Waals surface area contributed by atoms with Gasteiger partial charge in [0.1, 0.15) is 0 Å². The van der Waals surface area contributed by atoms with Crippen molar-refractivity contribution in [2.75, 3.05) is 39.5 Å². The number of nitrogen functional groups attached to an aromatic ring is 1. The van der Waals surface area contributed by atoms with Crippen molar-refractivity contribution in [1.82, 2.24) is 9.21 Å². The topological polar surface area (TPSA) is 66.6 Å². The molecule has 0 aromatic heterocycles. The van der Waals surface area contributed by atoms with Crippen LogP contribution in [0.3, 0.4) is 0 Å². The van der Waals surface area contributed by atoms with Gasteiger partial charge in [0.25, 0.3) is 0 Å². The first-order chi connectivity index (χ1) is 9.28. The Morgan fingerprint density at radius 2 is 1.80 bits per heavy atom. The predicted octanol–water partition coefficient (Wildman–Crippen LogP) is 1.54. The molecule has 0 amide bonds. The molecule has 2 N–H and O–H groups in total. The molecule has 0 spiro atoms. The van der Waals surface area contributed by atoms with Crippen LogP contribution in [0.25, 0.3) is 0 Å². The third-order valence-electron chi connectivity index (χ3n) is 3.15. The Morgan fingerprint density at radius 3 is 2.30 bits per heavy atom. The van der Waals surface area contributed by atoms with Crippen LogP contribution in [-0.4, -0.2) is 51.4 Å². The van der Waals surface area contributed by atoms with Crippen molar-refractivity contribution in [2.45, 2.75) is 25.2 Å². The summed E-state index contributed by atoms with van der Waals surface area (Å²) in [5.41, 5.74) is 7.15. The van der Waals surface area contributed by atoms with E-state index in [9.17, 15) is 8.42 Å². The fourth-order valence-electron chi connectivity index (χ4n) is 1.87. The Kier molecular flexibility index (Phi) is 5.98. The van der Waals surface area contributed by atoms with Crippen LogP contribution in [0.2, 0.25) is 0 Å². The maximum Gasteiger partial charge on any atom is 0.243 e. The number of rotatable bonds is 7. The normalized spacial score (nSPS) is 12.3. The average molecular weight is 299 g/mol. The molecule has 0 fully saturated rings. The fraction of sp³-hybridized carbons (Fsp3) is 0.571. The number of nitrogens with zero attached hydrogens (tertiary/aromatic N) is 2. The maximum absolute atomic E-state index is 12.7. The van der Waals surface area contributed by atoms with E-state index in [0.29, 0.717) is 30.2 Å². The second-order valence-electron chi connectivity index (χ2n) is 5.23. The van der Waals surface area contributed by atoms with E-state index in [-0.39, 0.29) is 0 Å². The minimum atomic E-state index is -3.45. The van der Waals surface area contributed by atoms with Crippen LogP contribution in [0.1, 0.15) is 18.9 Å². The highest BCUT2D eigenvalue weighted by molar-refractivity contribution is 7.89. The minimum Gasteiger partial charge on any atom is -0.399 e. The molecular formula is C14H25N3O2S. The Hall–Kier alpha value is -1.11. The molecule has 0 unspecified atom stereocenters. The summed E-state index contributed by atoms with van der Waals surface area (Å²) < 4.78 is 26.9. The van der Waals surface area contributed by atoms with Crippen molar-refractivity contribution in [3.63, 3.8) is 0 Å². The van der Waals surface area contributed by atoms with Crippen molar-refractivity contribution >= 4 is 15.7 Å². The van der Waals surface area contributed by atoms with Crippen molar-refractivity contribution in [3.05, 3.63) is 23.8 Å². The minimum absolute atomic E-state index is 0.316. The van der Waals surface area contributed by atoms with Gasteiger partial charge in [-0.05, 0) is 51.2 Å². The lowest BCUT2D eigenvalue weighted by atomic mass is 10.2. The fourth-order valence-corrected chi connectivity index (χ4v) is 3.48. The molecule has 20 heavy (non-hydrogen) atoms. The summed E-state index contributed by atoms with van der Waals surface area (Å²) in [5, 5.41) is 0. The largest absolute Gasteiger partial charge is 0.399 e. The molecule has 0 bridgehead atoms. The van der Waals surface area contributed by atoms with Gasteiger partial charge < -0.3 is 10.6 Å². The second kappa shape index (κ2) is 7.06. The first-order valence-corrected chi connectivity index (χ1v) is 8.24. The van der Waals surface area contributed by atoms with Crippen LogP contribution >= 0.6 is 0 Å². The third-order valence-corrected chi connectivity index (χ3v) is 5.04. The van der Waals surface area contributed by atoms with Crippen LogP contribution in [0.4, 0.5) is 5.69 Å². The molecule has 0 heterocycles. The highest BCUT2D eigenvalue weighted by atomic mass is 32.2. The first kappa shape index (κ1) is 16.9. The van der Waals surface area contributed by atoms with Crippen molar-refractivity contribution < 1.29 is 8.42 Å². The molecule has 0 atom stereocenters. The molecule has 1 aromatic rings. The lowest BCUT2D eigenvalue weighted by Gasteiger charge is -2.23. The Labute approximate surface area is 122 Å². The summed E-state index contributed by atoms with van der Waals surface area (Å²) in [6.45, 7) is 5.52. The van der Waals surface area contributed by atoms with Crippen molar-refractivity contribution in [3.8, 4) is 0 Å². The lowest BCUT2D eigenvalue weighted by molar-refractivity contribution is 0.333. The molecule has 0 radical (unpaired) electrons. The highest BCUT2D eigenvalue weighted by Crippen LogP contribution is 2.20. The number of likely N-dealkylation sites (N-methyl/N-ethyl adjacent to an activating group) is 1. The zero-order chi connectivity index (χ0) is 15.3. The number of aryl methyl sites for hydroxylation is 1. The Bertz CT molecular complexity index is 541. The van der Waals surface area contributed by atoms with Gasteiger partial charge in [-0.3, -0.25) is 0 Å². The Balaban J connectivity index is 3.05. The average Bonchev–Trinajstić information content (AvgIpc) is 2.37. The van der Waals surface area contributed by atoms with Crippen LogP contribution < -0.4 is 5.73 Å². The molecule has 0 saturated carbocycles. The van der Waals surface area contributed by atoms with Gasteiger partial charge in [0, 0.05) is 25.3 Å². The molecular weight excluding hydrogens is 274 g/mol. The molecule has 1 rings (SSSR count).